The van der Waals surface area contributed by atoms with Gasteiger partial charge in [0.2, 0.25) is 5.91 Å². The van der Waals surface area contributed by atoms with Crippen LogP contribution >= 0.6 is 24.0 Å². The van der Waals surface area contributed by atoms with Gasteiger partial charge in [0, 0.05) is 39.6 Å². The molecule has 1 aromatic rings. The molecule has 0 radical (unpaired) electrons. The van der Waals surface area contributed by atoms with Gasteiger partial charge in [-0.05, 0) is 50.6 Å². The number of nitrogens with zero attached hydrogens (tertiary/aromatic N) is 4. The Morgan fingerprint density at radius 1 is 1.07 bits per heavy atom. The Morgan fingerprint density at radius 2 is 1.67 bits per heavy atom. The van der Waals surface area contributed by atoms with Gasteiger partial charge in [-0.2, -0.15) is 0 Å². The number of amides is 1. The number of nitrogens with one attached hydrogen (secondary N) is 1. The van der Waals surface area contributed by atoms with Crippen LogP contribution in [0.2, 0.25) is 0 Å². The first-order valence-corrected chi connectivity index (χ1v) is 10.8. The van der Waals surface area contributed by atoms with Crippen molar-refractivity contribution in [3.63, 3.8) is 0 Å². The Bertz CT molecular complexity index is 683. The van der Waals surface area contributed by atoms with Crippen LogP contribution in [0.1, 0.15) is 38.3 Å². The van der Waals surface area contributed by atoms with Crippen molar-refractivity contribution >= 4 is 35.8 Å². The van der Waals surface area contributed by atoms with E-state index in [1.807, 2.05) is 17.0 Å². The highest BCUT2D eigenvalue weighted by molar-refractivity contribution is 14.0. The van der Waals surface area contributed by atoms with Crippen LogP contribution in [0.5, 0.6) is 5.75 Å². The fourth-order valence-corrected chi connectivity index (χ4v) is 4.14. The number of piperazine rings is 1. The second-order valence-corrected chi connectivity index (χ2v) is 7.72. The van der Waals surface area contributed by atoms with E-state index >= 15 is 0 Å². The molecule has 1 unspecified atom stereocenters. The van der Waals surface area contributed by atoms with E-state index in [-0.39, 0.29) is 35.9 Å². The maximum atomic E-state index is 11.6. The summed E-state index contributed by atoms with van der Waals surface area (Å²) in [6.07, 6.45) is 2.51. The second-order valence-electron chi connectivity index (χ2n) is 7.72. The number of guanidine groups is 1. The first-order chi connectivity index (χ1) is 14.1. The highest BCUT2D eigenvalue weighted by Gasteiger charge is 2.25. The number of benzene rings is 1. The Labute approximate surface area is 197 Å². The second kappa shape index (κ2) is 12.3. The van der Waals surface area contributed by atoms with Crippen LogP contribution in [0.15, 0.2) is 29.3 Å². The molecular formula is C22H36IN5O2. The molecule has 1 atom stereocenters. The third-order valence-electron chi connectivity index (χ3n) is 5.86. The number of halogens is 1. The molecule has 0 aromatic heterocycles. The summed E-state index contributed by atoms with van der Waals surface area (Å²) in [5, 5.41) is 3.45. The lowest BCUT2D eigenvalue weighted by molar-refractivity contribution is -0.130. The zero-order valence-corrected chi connectivity index (χ0v) is 20.8. The molecule has 30 heavy (non-hydrogen) atoms. The zero-order valence-electron chi connectivity index (χ0n) is 18.5. The van der Waals surface area contributed by atoms with Crippen LogP contribution in [-0.4, -0.2) is 86.0 Å². The maximum Gasteiger partial charge on any atom is 0.219 e. The van der Waals surface area contributed by atoms with Gasteiger partial charge in [-0.25, -0.2) is 0 Å². The average Bonchev–Trinajstić information content (AvgIpc) is 3.28. The van der Waals surface area contributed by atoms with Gasteiger partial charge in [0.25, 0.3) is 0 Å². The normalized spacial score (nSPS) is 18.7. The number of rotatable bonds is 6. The molecule has 2 saturated heterocycles. The van der Waals surface area contributed by atoms with Gasteiger partial charge in [0.15, 0.2) is 5.96 Å². The fourth-order valence-electron chi connectivity index (χ4n) is 4.14. The van der Waals surface area contributed by atoms with Gasteiger partial charge in [-0.15, -0.1) is 24.0 Å². The third-order valence-corrected chi connectivity index (χ3v) is 5.86. The Kier molecular flexibility index (Phi) is 10.2. The molecule has 1 amide bonds. The molecular weight excluding hydrogens is 493 g/mol. The number of aliphatic imine (C=N–C) groups is 1. The van der Waals surface area contributed by atoms with Crippen molar-refractivity contribution in [3.05, 3.63) is 29.8 Å². The minimum Gasteiger partial charge on any atom is -0.497 e. The molecule has 2 aliphatic heterocycles. The summed E-state index contributed by atoms with van der Waals surface area (Å²) in [5.41, 5.74) is 1.29. The minimum atomic E-state index is 0. The molecule has 2 aliphatic rings. The van der Waals surface area contributed by atoms with E-state index in [2.05, 4.69) is 34.2 Å². The van der Waals surface area contributed by atoms with E-state index < -0.39 is 0 Å². The van der Waals surface area contributed by atoms with Crippen LogP contribution in [0.4, 0.5) is 0 Å². The van der Waals surface area contributed by atoms with Crippen molar-refractivity contribution in [2.24, 2.45) is 4.99 Å². The summed E-state index contributed by atoms with van der Waals surface area (Å²) in [6.45, 7) is 10.7. The Hall–Kier alpha value is -1.55. The van der Waals surface area contributed by atoms with Crippen molar-refractivity contribution < 1.29 is 9.53 Å². The van der Waals surface area contributed by atoms with Crippen LogP contribution < -0.4 is 10.1 Å². The number of likely N-dealkylation sites (tertiary alicyclic amines) is 1. The van der Waals surface area contributed by atoms with Gasteiger partial charge in [-0.3, -0.25) is 14.7 Å². The van der Waals surface area contributed by atoms with Crippen molar-refractivity contribution in [2.75, 3.05) is 59.5 Å². The minimum absolute atomic E-state index is 0. The van der Waals surface area contributed by atoms with Gasteiger partial charge in [0.05, 0.1) is 19.7 Å². The van der Waals surface area contributed by atoms with Crippen LogP contribution in [0, 0.1) is 0 Å². The van der Waals surface area contributed by atoms with E-state index in [0.29, 0.717) is 0 Å². The van der Waals surface area contributed by atoms with Crippen LogP contribution in [-0.2, 0) is 4.79 Å². The molecule has 3 rings (SSSR count). The molecule has 8 heteroatoms. The summed E-state index contributed by atoms with van der Waals surface area (Å²) in [7, 11) is 1.70. The molecule has 168 valence electrons. The van der Waals surface area contributed by atoms with Gasteiger partial charge >= 0.3 is 0 Å². The lowest BCUT2D eigenvalue weighted by atomic mass is 10.1. The Morgan fingerprint density at radius 3 is 2.20 bits per heavy atom. The highest BCUT2D eigenvalue weighted by atomic mass is 127. The molecule has 0 spiro atoms. The summed E-state index contributed by atoms with van der Waals surface area (Å²) in [5.74, 6) is 1.99. The van der Waals surface area contributed by atoms with E-state index in [0.717, 1.165) is 64.1 Å². The summed E-state index contributed by atoms with van der Waals surface area (Å²) in [6, 6.07) is 8.67. The predicted molar refractivity (Wildman–Crippen MR) is 132 cm³/mol. The number of carbonyl (C=O) groups excluding carboxylic acids is 1. The summed E-state index contributed by atoms with van der Waals surface area (Å²) < 4.78 is 5.32. The topological polar surface area (TPSA) is 60.4 Å². The van der Waals surface area contributed by atoms with Gasteiger partial charge in [0.1, 0.15) is 5.75 Å². The number of hydrogen-bond acceptors (Lipinski definition) is 4. The molecule has 2 heterocycles. The van der Waals surface area contributed by atoms with E-state index in [9.17, 15) is 4.79 Å². The Balaban J connectivity index is 0.00000320. The first-order valence-electron chi connectivity index (χ1n) is 10.8. The number of hydrogen-bond donors (Lipinski definition) is 1. The summed E-state index contributed by atoms with van der Waals surface area (Å²) >= 11 is 0. The molecule has 7 nitrogen and oxygen atoms in total. The van der Waals surface area contributed by atoms with Crippen molar-refractivity contribution in [1.82, 2.24) is 20.0 Å². The van der Waals surface area contributed by atoms with Crippen molar-refractivity contribution in [2.45, 2.75) is 32.7 Å². The standard InChI is InChI=1S/C22H35N5O2.HI/c1-4-23-22(27-15-13-25(14-16-27)18(2)28)24-17-21(26-11-5-6-12-26)19-7-9-20(29-3)10-8-19;/h7-10,21H,4-6,11-17H2,1-3H3,(H,23,24);1H. The molecule has 0 aliphatic carbocycles. The summed E-state index contributed by atoms with van der Waals surface area (Å²) in [4.78, 5) is 23.4. The smallest absolute Gasteiger partial charge is 0.219 e. The van der Waals surface area contributed by atoms with Crippen LogP contribution in [0.25, 0.3) is 0 Å². The zero-order chi connectivity index (χ0) is 20.6. The molecule has 2 fully saturated rings. The quantitative estimate of drug-likeness (QED) is 0.349. The number of methoxy groups -OCH3 is 1. The lowest BCUT2D eigenvalue weighted by Gasteiger charge is -2.36. The highest BCUT2D eigenvalue weighted by Crippen LogP contribution is 2.27. The van der Waals surface area contributed by atoms with Gasteiger partial charge in [-0.1, -0.05) is 12.1 Å². The SMILES string of the molecule is CCNC(=NCC(c1ccc(OC)cc1)N1CCCC1)N1CCN(C(C)=O)CC1.I. The van der Waals surface area contributed by atoms with Crippen molar-refractivity contribution in [1.29, 1.82) is 0 Å². The average molecular weight is 529 g/mol. The van der Waals surface area contributed by atoms with E-state index in [4.69, 9.17) is 9.73 Å². The van der Waals surface area contributed by atoms with Gasteiger partial charge < -0.3 is 19.9 Å². The van der Waals surface area contributed by atoms with E-state index in [1.165, 1.54) is 18.4 Å². The molecule has 1 N–H and O–H groups in total. The molecule has 1 aromatic carbocycles. The van der Waals surface area contributed by atoms with E-state index in [1.54, 1.807) is 14.0 Å². The largest absolute Gasteiger partial charge is 0.497 e. The fraction of sp³-hybridized carbons (Fsp3) is 0.636. The maximum absolute atomic E-state index is 11.6. The van der Waals surface area contributed by atoms with Crippen LogP contribution in [0.3, 0.4) is 0 Å². The predicted octanol–water partition coefficient (Wildman–Crippen LogP) is 2.58. The molecule has 0 bridgehead atoms. The first kappa shape index (κ1) is 24.7. The third kappa shape index (κ3) is 6.47. The monoisotopic (exact) mass is 529 g/mol. The number of carbonyl (C=O) groups is 1. The van der Waals surface area contributed by atoms with Crippen molar-refractivity contribution in [3.8, 4) is 5.75 Å². The molecule has 0 saturated carbocycles. The number of ether oxygens (including phenoxy) is 1. The lowest BCUT2D eigenvalue weighted by Crippen LogP contribution is -2.53.